The number of nitrogens with one attached hydrogen (secondary N) is 1. The number of esters is 1. The molecule has 0 aliphatic heterocycles. The largest absolute Gasteiger partial charge is 0.484 e. The van der Waals surface area contributed by atoms with Crippen LogP contribution >= 0.6 is 0 Å². The maximum atomic E-state index is 12.4. The van der Waals surface area contributed by atoms with Gasteiger partial charge in [-0.15, -0.1) is 0 Å². The third kappa shape index (κ3) is 7.03. The molecule has 8 heteroatoms. The SMILES string of the molecule is COC(=O)Cc1ccc(Oc2ncncc2NC(=O)COc2ccc(C(C)(C)C)cc2)cc1. The van der Waals surface area contributed by atoms with Gasteiger partial charge in [0.15, 0.2) is 6.61 Å². The molecule has 1 aromatic heterocycles. The van der Waals surface area contributed by atoms with Gasteiger partial charge >= 0.3 is 5.97 Å². The van der Waals surface area contributed by atoms with Gasteiger partial charge in [0.2, 0.25) is 5.88 Å². The van der Waals surface area contributed by atoms with Gasteiger partial charge in [-0.2, -0.15) is 4.98 Å². The summed E-state index contributed by atoms with van der Waals surface area (Å²) in [5, 5.41) is 2.71. The number of hydrogen-bond donors (Lipinski definition) is 1. The summed E-state index contributed by atoms with van der Waals surface area (Å²) in [6.07, 6.45) is 2.94. The van der Waals surface area contributed by atoms with Crippen LogP contribution in [0.25, 0.3) is 0 Å². The van der Waals surface area contributed by atoms with E-state index < -0.39 is 0 Å². The maximum absolute atomic E-state index is 12.4. The molecule has 1 heterocycles. The van der Waals surface area contributed by atoms with Crippen molar-refractivity contribution >= 4 is 17.6 Å². The number of nitrogens with zero attached hydrogens (tertiary/aromatic N) is 2. The molecular weight excluding hydrogens is 422 g/mol. The number of rotatable bonds is 8. The molecule has 1 N–H and O–H groups in total. The Morgan fingerprint density at radius 1 is 0.970 bits per heavy atom. The highest BCUT2D eigenvalue weighted by atomic mass is 16.5. The van der Waals surface area contributed by atoms with Crippen LogP contribution in [0, 0.1) is 0 Å². The molecule has 3 aromatic rings. The summed E-state index contributed by atoms with van der Waals surface area (Å²) in [5.74, 6) is 0.590. The third-order valence-corrected chi connectivity index (χ3v) is 4.75. The van der Waals surface area contributed by atoms with E-state index in [1.807, 2.05) is 24.3 Å². The maximum Gasteiger partial charge on any atom is 0.309 e. The zero-order valence-electron chi connectivity index (χ0n) is 19.1. The van der Waals surface area contributed by atoms with Crippen LogP contribution in [0.3, 0.4) is 0 Å². The molecule has 2 aromatic carbocycles. The molecule has 0 saturated heterocycles. The smallest absolute Gasteiger partial charge is 0.309 e. The second kappa shape index (κ2) is 10.6. The summed E-state index contributed by atoms with van der Waals surface area (Å²) < 4.78 is 16.0. The Labute approximate surface area is 192 Å². The number of aromatic nitrogens is 2. The lowest BCUT2D eigenvalue weighted by molar-refractivity contribution is -0.139. The van der Waals surface area contributed by atoms with Gasteiger partial charge in [0, 0.05) is 0 Å². The minimum Gasteiger partial charge on any atom is -0.484 e. The summed E-state index contributed by atoms with van der Waals surface area (Å²) in [5.41, 5.74) is 2.33. The second-order valence-corrected chi connectivity index (χ2v) is 8.35. The van der Waals surface area contributed by atoms with Gasteiger partial charge in [-0.3, -0.25) is 9.59 Å². The monoisotopic (exact) mass is 449 g/mol. The van der Waals surface area contributed by atoms with Crippen molar-refractivity contribution in [1.29, 1.82) is 0 Å². The molecule has 0 saturated carbocycles. The first-order valence-corrected chi connectivity index (χ1v) is 10.4. The van der Waals surface area contributed by atoms with E-state index in [1.165, 1.54) is 25.2 Å². The molecule has 0 radical (unpaired) electrons. The highest BCUT2D eigenvalue weighted by Gasteiger charge is 2.14. The summed E-state index contributed by atoms with van der Waals surface area (Å²) in [4.78, 5) is 31.8. The quantitative estimate of drug-likeness (QED) is 0.512. The fourth-order valence-corrected chi connectivity index (χ4v) is 2.90. The summed E-state index contributed by atoms with van der Waals surface area (Å²) in [7, 11) is 1.35. The number of carbonyl (C=O) groups is 2. The van der Waals surface area contributed by atoms with Crippen LogP contribution in [-0.4, -0.2) is 35.6 Å². The van der Waals surface area contributed by atoms with E-state index in [2.05, 4.69) is 40.8 Å². The molecule has 3 rings (SSSR count). The molecule has 0 bridgehead atoms. The lowest BCUT2D eigenvalue weighted by atomic mass is 9.87. The van der Waals surface area contributed by atoms with Gasteiger partial charge in [-0.05, 0) is 40.8 Å². The van der Waals surface area contributed by atoms with E-state index in [0.717, 1.165) is 5.56 Å². The van der Waals surface area contributed by atoms with E-state index >= 15 is 0 Å². The van der Waals surface area contributed by atoms with Crippen molar-refractivity contribution < 1.29 is 23.8 Å². The fraction of sp³-hybridized carbons (Fsp3) is 0.280. The molecule has 0 atom stereocenters. The van der Waals surface area contributed by atoms with Crippen molar-refractivity contribution in [2.24, 2.45) is 0 Å². The molecule has 172 valence electrons. The van der Waals surface area contributed by atoms with Crippen LogP contribution in [0.5, 0.6) is 17.4 Å². The normalized spacial score (nSPS) is 10.9. The number of methoxy groups -OCH3 is 1. The van der Waals surface area contributed by atoms with Gasteiger partial charge < -0.3 is 19.5 Å². The summed E-state index contributed by atoms with van der Waals surface area (Å²) in [6, 6.07) is 14.6. The average Bonchev–Trinajstić information content (AvgIpc) is 2.80. The van der Waals surface area contributed by atoms with Crippen LogP contribution in [0.15, 0.2) is 61.1 Å². The van der Waals surface area contributed by atoms with E-state index in [4.69, 9.17) is 9.47 Å². The summed E-state index contributed by atoms with van der Waals surface area (Å²) >= 11 is 0. The predicted octanol–water partition coefficient (Wildman–Crippen LogP) is 4.30. The van der Waals surface area contributed by atoms with Gasteiger partial charge in [-0.25, -0.2) is 4.98 Å². The van der Waals surface area contributed by atoms with E-state index in [1.54, 1.807) is 24.3 Å². The topological polar surface area (TPSA) is 99.6 Å². The number of benzene rings is 2. The van der Waals surface area contributed by atoms with E-state index in [0.29, 0.717) is 17.2 Å². The van der Waals surface area contributed by atoms with Crippen molar-refractivity contribution in [3.05, 3.63) is 72.2 Å². The molecular formula is C25H27N3O5. The fourth-order valence-electron chi connectivity index (χ4n) is 2.90. The Kier molecular flexibility index (Phi) is 7.61. The van der Waals surface area contributed by atoms with Gasteiger partial charge in [0.05, 0.1) is 19.7 Å². The standard InChI is InChI=1S/C25H27N3O5/c1-25(2,3)18-7-11-19(12-8-18)32-15-22(29)28-21-14-26-16-27-24(21)33-20-9-5-17(6-10-20)13-23(30)31-4/h5-12,14,16H,13,15H2,1-4H3,(H,28,29). The van der Waals surface area contributed by atoms with Crippen molar-refractivity contribution in [3.8, 4) is 17.4 Å². The molecule has 0 unspecified atom stereocenters. The van der Waals surface area contributed by atoms with Crippen LogP contribution in [0.2, 0.25) is 0 Å². The van der Waals surface area contributed by atoms with Crippen molar-refractivity contribution in [1.82, 2.24) is 9.97 Å². The second-order valence-electron chi connectivity index (χ2n) is 8.35. The first-order valence-electron chi connectivity index (χ1n) is 10.4. The van der Waals surface area contributed by atoms with Crippen molar-refractivity contribution in [2.75, 3.05) is 19.0 Å². The van der Waals surface area contributed by atoms with Crippen molar-refractivity contribution in [3.63, 3.8) is 0 Å². The molecule has 8 nitrogen and oxygen atoms in total. The first-order chi connectivity index (χ1) is 15.7. The highest BCUT2D eigenvalue weighted by Crippen LogP contribution is 2.27. The van der Waals surface area contributed by atoms with Gasteiger partial charge in [0.25, 0.3) is 5.91 Å². The third-order valence-electron chi connectivity index (χ3n) is 4.75. The average molecular weight is 450 g/mol. The molecule has 33 heavy (non-hydrogen) atoms. The Morgan fingerprint density at radius 3 is 2.27 bits per heavy atom. The zero-order valence-corrected chi connectivity index (χ0v) is 19.1. The predicted molar refractivity (Wildman–Crippen MR) is 124 cm³/mol. The van der Waals surface area contributed by atoms with E-state index in [9.17, 15) is 9.59 Å². The lowest BCUT2D eigenvalue weighted by Crippen LogP contribution is -2.21. The Balaban J connectivity index is 1.58. The number of hydrogen-bond acceptors (Lipinski definition) is 7. The van der Waals surface area contributed by atoms with Crippen LogP contribution in [-0.2, 0) is 26.2 Å². The number of ether oxygens (including phenoxy) is 3. The Hall–Kier alpha value is -3.94. The van der Waals surface area contributed by atoms with Crippen LogP contribution in [0.1, 0.15) is 31.9 Å². The first kappa shape index (κ1) is 23.7. The number of carbonyl (C=O) groups excluding carboxylic acids is 2. The molecule has 0 aliphatic rings. The van der Waals surface area contributed by atoms with Crippen molar-refractivity contribution in [2.45, 2.75) is 32.6 Å². The number of anilines is 1. The lowest BCUT2D eigenvalue weighted by Gasteiger charge is -2.19. The zero-order chi connectivity index (χ0) is 23.8. The summed E-state index contributed by atoms with van der Waals surface area (Å²) in [6.45, 7) is 6.23. The van der Waals surface area contributed by atoms with Gasteiger partial charge in [0.1, 0.15) is 23.5 Å². The van der Waals surface area contributed by atoms with Crippen LogP contribution < -0.4 is 14.8 Å². The van der Waals surface area contributed by atoms with E-state index in [-0.39, 0.29) is 36.2 Å². The molecule has 1 amide bonds. The molecule has 0 spiro atoms. The van der Waals surface area contributed by atoms with Gasteiger partial charge in [-0.1, -0.05) is 45.0 Å². The highest BCUT2D eigenvalue weighted by molar-refractivity contribution is 5.92. The number of amides is 1. The van der Waals surface area contributed by atoms with Crippen LogP contribution in [0.4, 0.5) is 5.69 Å². The minimum atomic E-state index is -0.372. The Bertz CT molecular complexity index is 1090. The molecule has 0 aliphatic carbocycles. The molecule has 0 fully saturated rings. The Morgan fingerprint density at radius 2 is 1.64 bits per heavy atom. The minimum absolute atomic E-state index is 0.0429.